The van der Waals surface area contributed by atoms with E-state index in [2.05, 4.69) is 15.9 Å². The highest BCUT2D eigenvalue weighted by atomic mass is 79.9. The zero-order chi connectivity index (χ0) is 16.1. The molecule has 23 heavy (non-hydrogen) atoms. The smallest absolute Gasteiger partial charge is 0.337 e. The lowest BCUT2D eigenvalue weighted by atomic mass is 10.1. The van der Waals surface area contributed by atoms with Gasteiger partial charge in [0, 0.05) is 10.0 Å². The van der Waals surface area contributed by atoms with Gasteiger partial charge in [0.2, 0.25) is 0 Å². The predicted molar refractivity (Wildman–Crippen MR) is 90.5 cm³/mol. The van der Waals surface area contributed by atoms with Crippen LogP contribution in [0.4, 0.5) is 0 Å². The molecule has 0 saturated carbocycles. The molecule has 1 aliphatic rings. The third-order valence-corrected chi connectivity index (χ3v) is 3.77. The number of ether oxygens (including phenoxy) is 3. The SMILES string of the molecule is O=C(OCCOc1cccc(Br)c1)C1=Cc2ccccc2OC1. The number of fused-ring (bicyclic) bond motifs is 1. The quantitative estimate of drug-likeness (QED) is 0.588. The third kappa shape index (κ3) is 4.13. The Morgan fingerprint density at radius 3 is 2.87 bits per heavy atom. The van der Waals surface area contributed by atoms with E-state index in [9.17, 15) is 4.79 Å². The Balaban J connectivity index is 1.50. The van der Waals surface area contributed by atoms with Crippen molar-refractivity contribution in [3.8, 4) is 11.5 Å². The molecule has 0 radical (unpaired) electrons. The van der Waals surface area contributed by atoms with Crippen LogP contribution in [0.15, 0.2) is 58.6 Å². The first-order valence-corrected chi connectivity index (χ1v) is 7.99. The Morgan fingerprint density at radius 2 is 2.00 bits per heavy atom. The minimum atomic E-state index is -0.377. The molecule has 2 aromatic rings. The summed E-state index contributed by atoms with van der Waals surface area (Å²) in [6.45, 7) is 0.708. The van der Waals surface area contributed by atoms with Gasteiger partial charge in [-0.05, 0) is 30.3 Å². The summed E-state index contributed by atoms with van der Waals surface area (Å²) in [5.41, 5.74) is 1.39. The number of esters is 1. The number of rotatable bonds is 5. The summed E-state index contributed by atoms with van der Waals surface area (Å²) in [6, 6.07) is 15.1. The molecule has 0 saturated heterocycles. The average Bonchev–Trinajstić information content (AvgIpc) is 2.58. The van der Waals surface area contributed by atoms with Crippen molar-refractivity contribution < 1.29 is 19.0 Å². The highest BCUT2D eigenvalue weighted by Crippen LogP contribution is 2.26. The van der Waals surface area contributed by atoms with Crippen LogP contribution in [0.25, 0.3) is 6.08 Å². The number of hydrogen-bond acceptors (Lipinski definition) is 4. The molecule has 0 aliphatic carbocycles. The predicted octanol–water partition coefficient (Wildman–Crippen LogP) is 3.85. The van der Waals surface area contributed by atoms with Gasteiger partial charge in [0.1, 0.15) is 31.3 Å². The van der Waals surface area contributed by atoms with Crippen LogP contribution in [0.2, 0.25) is 0 Å². The monoisotopic (exact) mass is 374 g/mol. The molecule has 0 unspecified atom stereocenters. The maximum absolute atomic E-state index is 12.0. The minimum absolute atomic E-state index is 0.185. The van der Waals surface area contributed by atoms with E-state index >= 15 is 0 Å². The van der Waals surface area contributed by atoms with Gasteiger partial charge in [0.25, 0.3) is 0 Å². The van der Waals surface area contributed by atoms with Crippen LogP contribution in [0.1, 0.15) is 5.56 Å². The zero-order valence-corrected chi connectivity index (χ0v) is 13.9. The lowest BCUT2D eigenvalue weighted by Gasteiger charge is -2.17. The first-order valence-electron chi connectivity index (χ1n) is 7.20. The highest BCUT2D eigenvalue weighted by Gasteiger charge is 2.17. The van der Waals surface area contributed by atoms with Crippen LogP contribution >= 0.6 is 15.9 Å². The summed E-state index contributed by atoms with van der Waals surface area (Å²) in [6.07, 6.45) is 1.80. The van der Waals surface area contributed by atoms with Crippen molar-refractivity contribution in [1.29, 1.82) is 0 Å². The number of carbonyl (C=O) groups is 1. The van der Waals surface area contributed by atoms with Crippen molar-refractivity contribution in [3.05, 3.63) is 64.1 Å². The Hall–Kier alpha value is -2.27. The fraction of sp³-hybridized carbons (Fsp3) is 0.167. The largest absolute Gasteiger partial charge is 0.490 e. The first-order chi connectivity index (χ1) is 11.2. The summed E-state index contributed by atoms with van der Waals surface area (Å²) >= 11 is 3.37. The van der Waals surface area contributed by atoms with E-state index in [0.29, 0.717) is 12.2 Å². The molecule has 1 heterocycles. The van der Waals surface area contributed by atoms with Gasteiger partial charge in [0.05, 0.1) is 5.57 Å². The summed E-state index contributed by atoms with van der Waals surface area (Å²) in [5.74, 6) is 1.13. The van der Waals surface area contributed by atoms with E-state index < -0.39 is 0 Å². The molecule has 0 N–H and O–H groups in total. The van der Waals surface area contributed by atoms with Crippen molar-refractivity contribution >= 4 is 28.0 Å². The van der Waals surface area contributed by atoms with Crippen molar-refractivity contribution in [2.45, 2.75) is 0 Å². The molecule has 0 spiro atoms. The molecule has 0 atom stereocenters. The van der Waals surface area contributed by atoms with Crippen LogP contribution in [-0.4, -0.2) is 25.8 Å². The van der Waals surface area contributed by atoms with Gasteiger partial charge in [0.15, 0.2) is 0 Å². The number of benzene rings is 2. The molecule has 118 valence electrons. The lowest BCUT2D eigenvalue weighted by molar-refractivity contribution is -0.140. The maximum atomic E-state index is 12.0. The minimum Gasteiger partial charge on any atom is -0.490 e. The molecular formula is C18H15BrO4. The number of para-hydroxylation sites is 1. The standard InChI is InChI=1S/C18H15BrO4/c19-15-5-3-6-16(11-15)21-8-9-22-18(20)14-10-13-4-1-2-7-17(13)23-12-14/h1-7,10-11H,8-9,12H2. The number of hydrogen-bond donors (Lipinski definition) is 0. The molecular weight excluding hydrogens is 360 g/mol. The Labute approximate surface area is 142 Å². The number of halogens is 1. The molecule has 3 rings (SSSR count). The zero-order valence-electron chi connectivity index (χ0n) is 12.3. The third-order valence-electron chi connectivity index (χ3n) is 3.28. The molecule has 0 amide bonds. The van der Waals surface area contributed by atoms with E-state index in [0.717, 1.165) is 21.5 Å². The normalized spacial score (nSPS) is 12.7. The van der Waals surface area contributed by atoms with Crippen LogP contribution in [-0.2, 0) is 9.53 Å². The van der Waals surface area contributed by atoms with E-state index in [1.807, 2.05) is 48.5 Å². The Morgan fingerprint density at radius 1 is 1.13 bits per heavy atom. The van der Waals surface area contributed by atoms with Crippen LogP contribution in [0.5, 0.6) is 11.5 Å². The Kier molecular flexibility index (Phi) is 4.98. The second-order valence-corrected chi connectivity index (χ2v) is 5.85. The van der Waals surface area contributed by atoms with Gasteiger partial charge in [-0.15, -0.1) is 0 Å². The molecule has 1 aliphatic heterocycles. The molecule has 2 aromatic carbocycles. The van der Waals surface area contributed by atoms with Gasteiger partial charge >= 0.3 is 5.97 Å². The van der Waals surface area contributed by atoms with Crippen LogP contribution in [0, 0.1) is 0 Å². The fourth-order valence-corrected chi connectivity index (χ4v) is 2.56. The van der Waals surface area contributed by atoms with Gasteiger partial charge in [-0.3, -0.25) is 0 Å². The molecule has 0 aromatic heterocycles. The van der Waals surface area contributed by atoms with Crippen LogP contribution in [0.3, 0.4) is 0 Å². The van der Waals surface area contributed by atoms with Crippen molar-refractivity contribution in [1.82, 2.24) is 0 Å². The van der Waals surface area contributed by atoms with E-state index in [1.165, 1.54) is 0 Å². The second kappa shape index (κ2) is 7.33. The molecule has 0 bridgehead atoms. The van der Waals surface area contributed by atoms with Gasteiger partial charge in [-0.1, -0.05) is 40.2 Å². The van der Waals surface area contributed by atoms with Gasteiger partial charge in [-0.2, -0.15) is 0 Å². The molecule has 5 heteroatoms. The average molecular weight is 375 g/mol. The van der Waals surface area contributed by atoms with Crippen molar-refractivity contribution in [2.24, 2.45) is 0 Å². The first kappa shape index (κ1) is 15.6. The van der Waals surface area contributed by atoms with Crippen molar-refractivity contribution in [2.75, 3.05) is 19.8 Å². The van der Waals surface area contributed by atoms with Crippen LogP contribution < -0.4 is 9.47 Å². The summed E-state index contributed by atoms with van der Waals surface area (Å²) in [5, 5.41) is 0. The molecule has 0 fully saturated rings. The highest BCUT2D eigenvalue weighted by molar-refractivity contribution is 9.10. The van der Waals surface area contributed by atoms with E-state index in [1.54, 1.807) is 6.08 Å². The van der Waals surface area contributed by atoms with E-state index in [-0.39, 0.29) is 19.2 Å². The van der Waals surface area contributed by atoms with Gasteiger partial charge in [-0.25, -0.2) is 4.79 Å². The summed E-state index contributed by atoms with van der Waals surface area (Å²) < 4.78 is 17.2. The topological polar surface area (TPSA) is 44.8 Å². The van der Waals surface area contributed by atoms with Crippen molar-refractivity contribution in [3.63, 3.8) is 0 Å². The number of carbonyl (C=O) groups excluding carboxylic acids is 1. The maximum Gasteiger partial charge on any atom is 0.337 e. The van der Waals surface area contributed by atoms with Gasteiger partial charge < -0.3 is 14.2 Å². The second-order valence-electron chi connectivity index (χ2n) is 4.94. The summed E-state index contributed by atoms with van der Waals surface area (Å²) in [4.78, 5) is 12.0. The summed E-state index contributed by atoms with van der Waals surface area (Å²) in [7, 11) is 0. The lowest BCUT2D eigenvalue weighted by Crippen LogP contribution is -2.19. The fourth-order valence-electron chi connectivity index (χ4n) is 2.18. The van der Waals surface area contributed by atoms with E-state index in [4.69, 9.17) is 14.2 Å². The molecule has 4 nitrogen and oxygen atoms in total. The Bertz CT molecular complexity index is 739.